The second kappa shape index (κ2) is 6.01. The van der Waals surface area contributed by atoms with E-state index in [1.165, 1.54) is 11.1 Å². The van der Waals surface area contributed by atoms with Gasteiger partial charge in [0.05, 0.1) is 6.61 Å². The van der Waals surface area contributed by atoms with Gasteiger partial charge in [0, 0.05) is 5.41 Å². The van der Waals surface area contributed by atoms with Gasteiger partial charge in [0.2, 0.25) is 0 Å². The summed E-state index contributed by atoms with van der Waals surface area (Å²) in [6.07, 6.45) is 0.755. The normalized spacial score (nSPS) is 16.1. The minimum atomic E-state index is -0.310. The molecule has 0 aromatic heterocycles. The van der Waals surface area contributed by atoms with Gasteiger partial charge in [-0.1, -0.05) is 37.3 Å². The van der Waals surface area contributed by atoms with E-state index in [1.54, 1.807) is 0 Å². The lowest BCUT2D eigenvalue weighted by Gasteiger charge is -2.30. The molecule has 1 atom stereocenters. The Hall–Kier alpha value is -2.00. The summed E-state index contributed by atoms with van der Waals surface area (Å²) in [5, 5.41) is 10.0. The van der Waals surface area contributed by atoms with E-state index in [4.69, 9.17) is 9.47 Å². The van der Waals surface area contributed by atoms with Crippen molar-refractivity contribution in [2.75, 3.05) is 19.8 Å². The van der Waals surface area contributed by atoms with Crippen LogP contribution in [0.4, 0.5) is 0 Å². The van der Waals surface area contributed by atoms with Crippen LogP contribution in [0.25, 0.3) is 0 Å². The molecule has 0 spiro atoms. The molecule has 1 unspecified atom stereocenters. The summed E-state index contributed by atoms with van der Waals surface area (Å²) in [7, 11) is 0. The topological polar surface area (TPSA) is 38.7 Å². The molecule has 3 rings (SSSR count). The monoisotopic (exact) mass is 298 g/mol. The maximum Gasteiger partial charge on any atom is 0.161 e. The van der Waals surface area contributed by atoms with Crippen LogP contribution in [0.1, 0.15) is 23.6 Å². The number of aliphatic hydroxyl groups is 1. The number of ether oxygens (including phenoxy) is 2. The number of aryl methyl sites for hydroxylation is 1. The molecule has 0 aliphatic carbocycles. The van der Waals surface area contributed by atoms with Crippen molar-refractivity contribution in [3.63, 3.8) is 0 Å². The number of hydrogen-bond acceptors (Lipinski definition) is 3. The van der Waals surface area contributed by atoms with Crippen LogP contribution < -0.4 is 9.47 Å². The molecule has 0 radical (unpaired) electrons. The molecule has 22 heavy (non-hydrogen) atoms. The number of fused-ring (bicyclic) bond motifs is 1. The van der Waals surface area contributed by atoms with E-state index in [0.717, 1.165) is 23.5 Å². The third kappa shape index (κ3) is 2.81. The number of benzene rings is 2. The summed E-state index contributed by atoms with van der Waals surface area (Å²) in [5.41, 5.74) is 3.22. The molecule has 0 saturated heterocycles. The maximum absolute atomic E-state index is 10.0. The van der Waals surface area contributed by atoms with Gasteiger partial charge in [-0.2, -0.15) is 0 Å². The zero-order valence-corrected chi connectivity index (χ0v) is 13.1. The predicted octanol–water partition coefficient (Wildman–Crippen LogP) is 3.26. The molecule has 1 heterocycles. The second-order valence-electron chi connectivity index (χ2n) is 6.19. The van der Waals surface area contributed by atoms with Gasteiger partial charge in [-0.25, -0.2) is 0 Å². The van der Waals surface area contributed by atoms with Crippen molar-refractivity contribution in [1.82, 2.24) is 0 Å². The SMILES string of the molecule is Cc1ccccc1C(C)(CO)Cc1ccc2c(c1)OCCO2. The molecule has 1 aliphatic heterocycles. The Bertz CT molecular complexity index is 665. The van der Waals surface area contributed by atoms with Crippen molar-refractivity contribution in [2.24, 2.45) is 0 Å². The highest BCUT2D eigenvalue weighted by molar-refractivity contribution is 5.45. The minimum Gasteiger partial charge on any atom is -0.486 e. The second-order valence-corrected chi connectivity index (χ2v) is 6.19. The largest absolute Gasteiger partial charge is 0.486 e. The van der Waals surface area contributed by atoms with Crippen LogP contribution in [0.3, 0.4) is 0 Å². The quantitative estimate of drug-likeness (QED) is 0.941. The number of rotatable bonds is 4. The molecule has 1 N–H and O–H groups in total. The Morgan fingerprint density at radius 2 is 1.77 bits per heavy atom. The van der Waals surface area contributed by atoms with Crippen molar-refractivity contribution in [2.45, 2.75) is 25.7 Å². The minimum absolute atomic E-state index is 0.103. The van der Waals surface area contributed by atoms with Crippen LogP contribution in [0, 0.1) is 6.92 Å². The fraction of sp³-hybridized carbons (Fsp3) is 0.368. The first kappa shape index (κ1) is 14.9. The van der Waals surface area contributed by atoms with Gasteiger partial charge in [-0.15, -0.1) is 0 Å². The number of aliphatic hydroxyl groups excluding tert-OH is 1. The first-order chi connectivity index (χ1) is 10.6. The summed E-state index contributed by atoms with van der Waals surface area (Å²) >= 11 is 0. The van der Waals surface area contributed by atoms with Crippen LogP contribution in [-0.4, -0.2) is 24.9 Å². The highest BCUT2D eigenvalue weighted by atomic mass is 16.6. The molecular weight excluding hydrogens is 276 g/mol. The van der Waals surface area contributed by atoms with Crippen LogP contribution in [0.5, 0.6) is 11.5 Å². The first-order valence-electron chi connectivity index (χ1n) is 7.68. The van der Waals surface area contributed by atoms with Gasteiger partial charge in [0.1, 0.15) is 13.2 Å². The fourth-order valence-electron chi connectivity index (χ4n) is 3.13. The Kier molecular flexibility index (Phi) is 4.08. The van der Waals surface area contributed by atoms with Gasteiger partial charge in [-0.3, -0.25) is 0 Å². The van der Waals surface area contributed by atoms with Gasteiger partial charge in [-0.05, 0) is 42.2 Å². The molecule has 3 heteroatoms. The highest BCUT2D eigenvalue weighted by Gasteiger charge is 2.28. The molecule has 2 aromatic rings. The fourth-order valence-corrected chi connectivity index (χ4v) is 3.13. The lowest BCUT2D eigenvalue weighted by molar-refractivity contribution is 0.171. The molecule has 116 valence electrons. The van der Waals surface area contributed by atoms with Crippen molar-refractivity contribution < 1.29 is 14.6 Å². The average Bonchev–Trinajstić information content (AvgIpc) is 2.55. The Morgan fingerprint density at radius 3 is 2.50 bits per heavy atom. The Balaban J connectivity index is 1.91. The van der Waals surface area contributed by atoms with E-state index < -0.39 is 0 Å². The molecule has 3 nitrogen and oxygen atoms in total. The first-order valence-corrected chi connectivity index (χ1v) is 7.68. The smallest absolute Gasteiger partial charge is 0.161 e. The third-order valence-electron chi connectivity index (χ3n) is 4.35. The average molecular weight is 298 g/mol. The van der Waals surface area contributed by atoms with Crippen LogP contribution in [-0.2, 0) is 11.8 Å². The predicted molar refractivity (Wildman–Crippen MR) is 86.8 cm³/mol. The van der Waals surface area contributed by atoms with Gasteiger partial charge in [0.25, 0.3) is 0 Å². The lowest BCUT2D eigenvalue weighted by atomic mass is 9.76. The Morgan fingerprint density at radius 1 is 1.05 bits per heavy atom. The van der Waals surface area contributed by atoms with E-state index >= 15 is 0 Å². The van der Waals surface area contributed by atoms with Gasteiger partial charge >= 0.3 is 0 Å². The molecule has 2 aromatic carbocycles. The zero-order chi connectivity index (χ0) is 15.6. The summed E-state index contributed by atoms with van der Waals surface area (Å²) in [4.78, 5) is 0. The van der Waals surface area contributed by atoms with Gasteiger partial charge in [0.15, 0.2) is 11.5 Å². The van der Waals surface area contributed by atoms with E-state index in [2.05, 4.69) is 32.0 Å². The summed E-state index contributed by atoms with van der Waals surface area (Å²) in [6, 6.07) is 14.3. The molecule has 0 fully saturated rings. The van der Waals surface area contributed by atoms with Crippen LogP contribution in [0.15, 0.2) is 42.5 Å². The molecule has 1 aliphatic rings. The van der Waals surface area contributed by atoms with Gasteiger partial charge < -0.3 is 14.6 Å². The van der Waals surface area contributed by atoms with E-state index in [9.17, 15) is 5.11 Å². The summed E-state index contributed by atoms with van der Waals surface area (Å²) < 4.78 is 11.2. The van der Waals surface area contributed by atoms with Crippen molar-refractivity contribution >= 4 is 0 Å². The lowest BCUT2D eigenvalue weighted by Crippen LogP contribution is -2.30. The molecule has 0 amide bonds. The molecule has 0 saturated carbocycles. The standard InChI is InChI=1S/C19H22O3/c1-14-5-3-4-6-16(14)19(2,13-20)12-15-7-8-17-18(11-15)22-10-9-21-17/h3-8,11,20H,9-10,12-13H2,1-2H3. The third-order valence-corrected chi connectivity index (χ3v) is 4.35. The van der Waals surface area contributed by atoms with E-state index in [-0.39, 0.29) is 12.0 Å². The summed E-state index contributed by atoms with van der Waals surface area (Å²) in [6.45, 7) is 5.49. The zero-order valence-electron chi connectivity index (χ0n) is 13.1. The Labute approximate surface area is 131 Å². The summed E-state index contributed by atoms with van der Waals surface area (Å²) in [5.74, 6) is 1.60. The maximum atomic E-state index is 10.0. The van der Waals surface area contributed by atoms with Crippen molar-refractivity contribution in [1.29, 1.82) is 0 Å². The van der Waals surface area contributed by atoms with Crippen LogP contribution >= 0.6 is 0 Å². The van der Waals surface area contributed by atoms with Crippen molar-refractivity contribution in [3.05, 3.63) is 59.2 Å². The molecule has 0 bridgehead atoms. The van der Waals surface area contributed by atoms with E-state index in [1.807, 2.05) is 24.3 Å². The highest BCUT2D eigenvalue weighted by Crippen LogP contribution is 2.35. The van der Waals surface area contributed by atoms with Crippen molar-refractivity contribution in [3.8, 4) is 11.5 Å². The van der Waals surface area contributed by atoms with Crippen LogP contribution in [0.2, 0.25) is 0 Å². The number of hydrogen-bond donors (Lipinski definition) is 1. The van der Waals surface area contributed by atoms with E-state index in [0.29, 0.717) is 13.2 Å². The molecular formula is C19H22O3.